The highest BCUT2D eigenvalue weighted by molar-refractivity contribution is 7.99. The first-order chi connectivity index (χ1) is 9.95. The number of carbonyl (C=O) groups is 2. The highest BCUT2D eigenvalue weighted by atomic mass is 32.2. The number of esters is 1. The lowest BCUT2D eigenvalue weighted by molar-refractivity contribution is -0.142. The fraction of sp³-hybridized carbons (Fsp3) is 0.467. The van der Waals surface area contributed by atoms with Crippen LogP contribution in [0, 0.1) is 13.8 Å². The summed E-state index contributed by atoms with van der Waals surface area (Å²) < 4.78 is 4.54. The number of methoxy groups -OCH3 is 1. The molecule has 0 saturated heterocycles. The number of nitrogens with one attached hydrogen (secondary N) is 1. The van der Waals surface area contributed by atoms with Gasteiger partial charge in [0, 0.05) is 5.69 Å². The molecule has 3 N–H and O–H groups in total. The second-order valence-electron chi connectivity index (χ2n) is 4.77. The molecule has 1 unspecified atom stereocenters. The summed E-state index contributed by atoms with van der Waals surface area (Å²) in [7, 11) is 1.31. The zero-order valence-electron chi connectivity index (χ0n) is 12.6. The van der Waals surface area contributed by atoms with Gasteiger partial charge in [-0.05, 0) is 43.2 Å². The van der Waals surface area contributed by atoms with Crippen LogP contribution in [0.15, 0.2) is 18.2 Å². The van der Waals surface area contributed by atoms with Crippen LogP contribution in [-0.4, -0.2) is 36.5 Å². The van der Waals surface area contributed by atoms with Crippen molar-refractivity contribution in [2.45, 2.75) is 26.3 Å². The Hall–Kier alpha value is -1.53. The van der Waals surface area contributed by atoms with E-state index in [9.17, 15) is 9.59 Å². The maximum Gasteiger partial charge on any atom is 0.322 e. The van der Waals surface area contributed by atoms with Gasteiger partial charge in [0.15, 0.2) is 0 Å². The molecule has 0 fully saturated rings. The molecule has 116 valence electrons. The molecule has 6 heteroatoms. The van der Waals surface area contributed by atoms with Crippen molar-refractivity contribution in [2.24, 2.45) is 5.73 Å². The van der Waals surface area contributed by atoms with Gasteiger partial charge in [0.1, 0.15) is 6.04 Å². The zero-order chi connectivity index (χ0) is 15.8. The maximum atomic E-state index is 11.9. The fourth-order valence-electron chi connectivity index (χ4n) is 1.72. The molecule has 0 saturated carbocycles. The van der Waals surface area contributed by atoms with Crippen molar-refractivity contribution < 1.29 is 14.3 Å². The van der Waals surface area contributed by atoms with Gasteiger partial charge in [-0.15, -0.1) is 0 Å². The van der Waals surface area contributed by atoms with E-state index >= 15 is 0 Å². The quantitative estimate of drug-likeness (QED) is 0.593. The lowest BCUT2D eigenvalue weighted by atomic mass is 10.1. The van der Waals surface area contributed by atoms with Crippen LogP contribution in [0.4, 0.5) is 5.69 Å². The van der Waals surface area contributed by atoms with E-state index < -0.39 is 12.0 Å². The summed E-state index contributed by atoms with van der Waals surface area (Å²) in [6.45, 7) is 3.99. The van der Waals surface area contributed by atoms with Gasteiger partial charge in [-0.3, -0.25) is 9.59 Å². The van der Waals surface area contributed by atoms with Gasteiger partial charge in [0.25, 0.3) is 0 Å². The molecule has 0 aliphatic carbocycles. The second-order valence-corrected chi connectivity index (χ2v) is 5.87. The van der Waals surface area contributed by atoms with Crippen LogP contribution in [0.1, 0.15) is 17.5 Å². The van der Waals surface area contributed by atoms with Gasteiger partial charge in [-0.25, -0.2) is 0 Å². The second kappa shape index (κ2) is 8.69. The number of benzene rings is 1. The van der Waals surface area contributed by atoms with Crippen molar-refractivity contribution in [3.05, 3.63) is 29.3 Å². The molecule has 0 radical (unpaired) electrons. The Bertz CT molecular complexity index is 506. The summed E-state index contributed by atoms with van der Waals surface area (Å²) in [4.78, 5) is 23.0. The van der Waals surface area contributed by atoms with Crippen LogP contribution >= 0.6 is 11.8 Å². The van der Waals surface area contributed by atoms with Gasteiger partial charge in [0.05, 0.1) is 12.9 Å². The first-order valence-corrected chi connectivity index (χ1v) is 7.88. The summed E-state index contributed by atoms with van der Waals surface area (Å²) in [5.41, 5.74) is 8.67. The molecule has 0 heterocycles. The fourth-order valence-corrected chi connectivity index (χ4v) is 2.54. The Balaban J connectivity index is 2.32. The van der Waals surface area contributed by atoms with E-state index in [2.05, 4.69) is 10.1 Å². The number of amides is 1. The normalized spacial score (nSPS) is 11.8. The van der Waals surface area contributed by atoms with Crippen LogP contribution in [-0.2, 0) is 14.3 Å². The highest BCUT2D eigenvalue weighted by Gasteiger charge is 2.13. The minimum absolute atomic E-state index is 0.0552. The number of hydrogen-bond acceptors (Lipinski definition) is 5. The standard InChI is InChI=1S/C15H22N2O3S/c1-10-5-4-6-13(11(10)2)17-14(18)9-21-8-7-12(16)15(19)20-3/h4-6,12H,7-9,16H2,1-3H3,(H,17,18). The monoisotopic (exact) mass is 310 g/mol. The van der Waals surface area contributed by atoms with E-state index in [1.165, 1.54) is 18.9 Å². The summed E-state index contributed by atoms with van der Waals surface area (Å²) in [6.07, 6.45) is 0.494. The molecular weight excluding hydrogens is 288 g/mol. The molecule has 1 amide bonds. The van der Waals surface area contributed by atoms with E-state index in [0.717, 1.165) is 16.8 Å². The lowest BCUT2D eigenvalue weighted by Gasteiger charge is -2.11. The molecule has 5 nitrogen and oxygen atoms in total. The first kappa shape index (κ1) is 17.5. The molecule has 1 rings (SSSR count). The van der Waals surface area contributed by atoms with Crippen molar-refractivity contribution in [3.63, 3.8) is 0 Å². The van der Waals surface area contributed by atoms with E-state index in [-0.39, 0.29) is 5.91 Å². The number of nitrogens with two attached hydrogens (primary N) is 1. The largest absolute Gasteiger partial charge is 0.468 e. The molecule has 0 aliphatic rings. The summed E-state index contributed by atoms with van der Waals surface area (Å²) in [5, 5.41) is 2.89. The Labute approximate surface area is 129 Å². The summed E-state index contributed by atoms with van der Waals surface area (Å²) >= 11 is 1.45. The van der Waals surface area contributed by atoms with Crippen molar-refractivity contribution in [1.82, 2.24) is 0 Å². The van der Waals surface area contributed by atoms with Crippen LogP contribution in [0.2, 0.25) is 0 Å². The van der Waals surface area contributed by atoms with E-state index in [1.54, 1.807) is 0 Å². The number of hydrogen-bond donors (Lipinski definition) is 2. The van der Waals surface area contributed by atoms with E-state index in [4.69, 9.17) is 5.73 Å². The topological polar surface area (TPSA) is 81.4 Å². The number of anilines is 1. The molecular formula is C15H22N2O3S. The maximum absolute atomic E-state index is 11.9. The number of rotatable bonds is 7. The molecule has 0 aromatic heterocycles. The molecule has 1 atom stereocenters. The Morgan fingerprint density at radius 2 is 2.10 bits per heavy atom. The Kier molecular flexibility index (Phi) is 7.25. The van der Waals surface area contributed by atoms with E-state index in [0.29, 0.717) is 17.9 Å². The molecule has 1 aromatic carbocycles. The zero-order valence-corrected chi connectivity index (χ0v) is 13.5. The first-order valence-electron chi connectivity index (χ1n) is 6.73. The minimum Gasteiger partial charge on any atom is -0.468 e. The van der Waals surface area contributed by atoms with Gasteiger partial charge < -0.3 is 15.8 Å². The summed E-state index contributed by atoms with van der Waals surface area (Å²) in [5.74, 6) is 0.494. The number of aryl methyl sites for hydroxylation is 1. The third-order valence-corrected chi connectivity index (χ3v) is 4.18. The van der Waals surface area contributed by atoms with Crippen LogP contribution in [0.5, 0.6) is 0 Å². The molecule has 0 bridgehead atoms. The number of carbonyl (C=O) groups excluding carboxylic acids is 2. The van der Waals surface area contributed by atoms with Gasteiger partial charge >= 0.3 is 5.97 Å². The molecule has 0 aliphatic heterocycles. The third kappa shape index (κ3) is 5.77. The third-order valence-electron chi connectivity index (χ3n) is 3.19. The number of thioether (sulfide) groups is 1. The Morgan fingerprint density at radius 3 is 2.76 bits per heavy atom. The molecule has 21 heavy (non-hydrogen) atoms. The average molecular weight is 310 g/mol. The highest BCUT2D eigenvalue weighted by Crippen LogP contribution is 2.18. The van der Waals surface area contributed by atoms with Crippen molar-refractivity contribution in [3.8, 4) is 0 Å². The predicted octanol–water partition coefficient (Wildman–Crippen LogP) is 1.87. The van der Waals surface area contributed by atoms with Crippen molar-refractivity contribution >= 4 is 29.3 Å². The van der Waals surface area contributed by atoms with E-state index in [1.807, 2.05) is 32.0 Å². The number of ether oxygens (including phenoxy) is 1. The van der Waals surface area contributed by atoms with Crippen molar-refractivity contribution in [2.75, 3.05) is 23.9 Å². The minimum atomic E-state index is -0.621. The van der Waals surface area contributed by atoms with Crippen molar-refractivity contribution in [1.29, 1.82) is 0 Å². The van der Waals surface area contributed by atoms with Crippen LogP contribution in [0.25, 0.3) is 0 Å². The smallest absolute Gasteiger partial charge is 0.322 e. The Morgan fingerprint density at radius 1 is 1.38 bits per heavy atom. The van der Waals surface area contributed by atoms with Gasteiger partial charge in [-0.2, -0.15) is 11.8 Å². The van der Waals surface area contributed by atoms with Gasteiger partial charge in [-0.1, -0.05) is 12.1 Å². The summed E-state index contributed by atoms with van der Waals surface area (Å²) in [6, 6.07) is 5.19. The molecule has 0 spiro atoms. The van der Waals surface area contributed by atoms with Gasteiger partial charge in [0.2, 0.25) is 5.91 Å². The predicted molar refractivity (Wildman–Crippen MR) is 86.5 cm³/mol. The van der Waals surface area contributed by atoms with Crippen LogP contribution < -0.4 is 11.1 Å². The SMILES string of the molecule is COC(=O)C(N)CCSCC(=O)Nc1cccc(C)c1C. The molecule has 1 aromatic rings. The van der Waals surface area contributed by atoms with Crippen LogP contribution in [0.3, 0.4) is 0 Å². The average Bonchev–Trinajstić information content (AvgIpc) is 2.47. The lowest BCUT2D eigenvalue weighted by Crippen LogP contribution is -2.32.